The first kappa shape index (κ1) is 12.9. The van der Waals surface area contributed by atoms with E-state index in [1.807, 2.05) is 0 Å². The highest BCUT2D eigenvalue weighted by Crippen LogP contribution is 2.18. The summed E-state index contributed by atoms with van der Waals surface area (Å²) in [6, 6.07) is 3.19. The van der Waals surface area contributed by atoms with Crippen LogP contribution in [0.3, 0.4) is 0 Å². The van der Waals surface area contributed by atoms with Gasteiger partial charge in [-0.25, -0.2) is 17.5 Å². The summed E-state index contributed by atoms with van der Waals surface area (Å²) in [5, 5.41) is 0. The molecule has 0 unspecified atom stereocenters. The molecule has 16 heavy (non-hydrogen) atoms. The Bertz CT molecular complexity index is 462. The second kappa shape index (κ2) is 5.24. The van der Waals surface area contributed by atoms with Gasteiger partial charge in [0.2, 0.25) is 10.0 Å². The van der Waals surface area contributed by atoms with Gasteiger partial charge >= 0.3 is 0 Å². The maximum absolute atomic E-state index is 12.9. The molecule has 1 rings (SSSR count). The van der Waals surface area contributed by atoms with Crippen LogP contribution in [-0.2, 0) is 14.8 Å². The first-order valence-electron chi connectivity index (χ1n) is 4.51. The van der Waals surface area contributed by atoms with Crippen molar-refractivity contribution >= 4 is 15.7 Å². The molecule has 0 saturated heterocycles. The number of nitrogens with one attached hydrogen (secondary N) is 1. The SMILES string of the molecule is COCCNS(=O)(=O)c1cc(F)ccc1N. The van der Waals surface area contributed by atoms with Crippen molar-refractivity contribution in [1.29, 1.82) is 0 Å². The third kappa shape index (κ3) is 3.16. The molecule has 0 radical (unpaired) electrons. The number of ether oxygens (including phenoxy) is 1. The zero-order chi connectivity index (χ0) is 12.2. The van der Waals surface area contributed by atoms with E-state index < -0.39 is 15.8 Å². The second-order valence-electron chi connectivity index (χ2n) is 3.07. The van der Waals surface area contributed by atoms with Gasteiger partial charge in [0, 0.05) is 13.7 Å². The number of halogens is 1. The third-order valence-corrected chi connectivity index (χ3v) is 3.38. The molecule has 0 fully saturated rings. The first-order valence-corrected chi connectivity index (χ1v) is 5.99. The molecule has 1 aromatic rings. The fourth-order valence-corrected chi connectivity index (χ4v) is 2.25. The number of methoxy groups -OCH3 is 1. The average Bonchev–Trinajstić information content (AvgIpc) is 2.22. The first-order chi connectivity index (χ1) is 7.47. The van der Waals surface area contributed by atoms with E-state index in [1.165, 1.54) is 13.2 Å². The standard InChI is InChI=1S/C9H13FN2O3S/c1-15-5-4-12-16(13,14)9-6-7(10)2-3-8(9)11/h2-3,6,12H,4-5,11H2,1H3. The minimum absolute atomic E-state index is 0.00585. The lowest BCUT2D eigenvalue weighted by Gasteiger charge is -2.08. The van der Waals surface area contributed by atoms with Crippen LogP contribution in [0, 0.1) is 5.82 Å². The monoisotopic (exact) mass is 248 g/mol. The lowest BCUT2D eigenvalue weighted by atomic mass is 10.3. The van der Waals surface area contributed by atoms with Gasteiger partial charge in [0.15, 0.2) is 0 Å². The summed E-state index contributed by atoms with van der Waals surface area (Å²) in [7, 11) is -2.33. The van der Waals surface area contributed by atoms with Gasteiger partial charge < -0.3 is 10.5 Å². The maximum Gasteiger partial charge on any atom is 0.242 e. The van der Waals surface area contributed by atoms with Gasteiger partial charge in [0.25, 0.3) is 0 Å². The van der Waals surface area contributed by atoms with E-state index in [0.717, 1.165) is 12.1 Å². The normalized spacial score (nSPS) is 11.6. The van der Waals surface area contributed by atoms with Crippen molar-refractivity contribution in [3.05, 3.63) is 24.0 Å². The molecule has 5 nitrogen and oxygen atoms in total. The minimum Gasteiger partial charge on any atom is -0.398 e. The van der Waals surface area contributed by atoms with Crippen LogP contribution >= 0.6 is 0 Å². The van der Waals surface area contributed by atoms with Crippen LogP contribution < -0.4 is 10.5 Å². The van der Waals surface area contributed by atoms with E-state index in [0.29, 0.717) is 0 Å². The molecule has 90 valence electrons. The molecule has 0 amide bonds. The molecule has 7 heteroatoms. The van der Waals surface area contributed by atoms with Gasteiger partial charge in [-0.05, 0) is 18.2 Å². The maximum atomic E-state index is 12.9. The van der Waals surface area contributed by atoms with Crippen molar-refractivity contribution in [3.8, 4) is 0 Å². The summed E-state index contributed by atoms with van der Waals surface area (Å²) in [5.74, 6) is -0.652. The Morgan fingerprint density at radius 3 is 2.81 bits per heavy atom. The van der Waals surface area contributed by atoms with Crippen LogP contribution in [0.2, 0.25) is 0 Å². The molecule has 0 heterocycles. The highest BCUT2D eigenvalue weighted by molar-refractivity contribution is 7.89. The largest absolute Gasteiger partial charge is 0.398 e. The Morgan fingerprint density at radius 2 is 2.19 bits per heavy atom. The molecule has 0 aliphatic carbocycles. The Morgan fingerprint density at radius 1 is 1.50 bits per heavy atom. The molecule has 0 aliphatic heterocycles. The lowest BCUT2D eigenvalue weighted by Crippen LogP contribution is -2.27. The van der Waals surface area contributed by atoms with E-state index >= 15 is 0 Å². The van der Waals surface area contributed by atoms with Gasteiger partial charge in [-0.2, -0.15) is 0 Å². The fourth-order valence-electron chi connectivity index (χ4n) is 1.10. The van der Waals surface area contributed by atoms with Crippen molar-refractivity contribution in [1.82, 2.24) is 4.72 Å². The Balaban J connectivity index is 2.93. The Labute approximate surface area is 93.5 Å². The smallest absolute Gasteiger partial charge is 0.242 e. The zero-order valence-corrected chi connectivity index (χ0v) is 9.55. The van der Waals surface area contributed by atoms with Crippen molar-refractivity contribution in [3.63, 3.8) is 0 Å². The summed E-state index contributed by atoms with van der Waals surface area (Å²) >= 11 is 0. The zero-order valence-electron chi connectivity index (χ0n) is 8.73. The fraction of sp³-hybridized carbons (Fsp3) is 0.333. The van der Waals surface area contributed by atoms with Crippen molar-refractivity contribution < 1.29 is 17.5 Å². The van der Waals surface area contributed by atoms with Crippen molar-refractivity contribution in [2.75, 3.05) is 26.0 Å². The quantitative estimate of drug-likeness (QED) is 0.581. The topological polar surface area (TPSA) is 81.4 Å². The van der Waals surface area contributed by atoms with Crippen LogP contribution in [0.15, 0.2) is 23.1 Å². The lowest BCUT2D eigenvalue weighted by molar-refractivity contribution is 0.204. The Kier molecular flexibility index (Phi) is 4.22. The number of nitrogens with two attached hydrogens (primary N) is 1. The summed E-state index contributed by atoms with van der Waals surface area (Å²) in [5.41, 5.74) is 5.47. The number of sulfonamides is 1. The number of hydrogen-bond donors (Lipinski definition) is 2. The van der Waals surface area contributed by atoms with Crippen LogP contribution in [0.1, 0.15) is 0 Å². The van der Waals surface area contributed by atoms with Gasteiger partial charge in [-0.1, -0.05) is 0 Å². The number of hydrogen-bond acceptors (Lipinski definition) is 4. The summed E-state index contributed by atoms with van der Waals surface area (Å²) in [6.45, 7) is 0.337. The van der Waals surface area contributed by atoms with Gasteiger partial charge in [0.05, 0.1) is 12.3 Å². The molecule has 1 aromatic carbocycles. The molecule has 0 aromatic heterocycles. The molecule has 0 aliphatic rings. The highest BCUT2D eigenvalue weighted by atomic mass is 32.2. The van der Waals surface area contributed by atoms with Crippen LogP contribution in [-0.4, -0.2) is 28.7 Å². The van der Waals surface area contributed by atoms with Gasteiger partial charge in [-0.3, -0.25) is 0 Å². The number of nitrogen functional groups attached to an aromatic ring is 1. The molecule has 0 saturated carbocycles. The van der Waals surface area contributed by atoms with Gasteiger partial charge in [0.1, 0.15) is 10.7 Å². The second-order valence-corrected chi connectivity index (χ2v) is 4.81. The third-order valence-electron chi connectivity index (χ3n) is 1.86. The van der Waals surface area contributed by atoms with E-state index in [4.69, 9.17) is 10.5 Å². The predicted octanol–water partition coefficient (Wildman–Crippen LogP) is 0.333. The molecule has 3 N–H and O–H groups in total. The molecule has 0 spiro atoms. The van der Waals surface area contributed by atoms with Gasteiger partial charge in [-0.15, -0.1) is 0 Å². The predicted molar refractivity (Wildman–Crippen MR) is 57.9 cm³/mol. The van der Waals surface area contributed by atoms with Crippen LogP contribution in [0.5, 0.6) is 0 Å². The highest BCUT2D eigenvalue weighted by Gasteiger charge is 2.17. The number of benzene rings is 1. The van der Waals surface area contributed by atoms with Crippen molar-refractivity contribution in [2.24, 2.45) is 0 Å². The minimum atomic E-state index is -3.78. The van der Waals surface area contributed by atoms with E-state index in [2.05, 4.69) is 4.72 Å². The average molecular weight is 248 g/mol. The van der Waals surface area contributed by atoms with E-state index in [-0.39, 0.29) is 23.7 Å². The summed E-state index contributed by atoms with van der Waals surface area (Å²) in [4.78, 5) is -0.261. The molecular formula is C9H13FN2O3S. The van der Waals surface area contributed by atoms with E-state index in [9.17, 15) is 12.8 Å². The molecule has 0 bridgehead atoms. The summed E-state index contributed by atoms with van der Waals surface area (Å²) < 4.78 is 43.2. The van der Waals surface area contributed by atoms with Crippen LogP contribution in [0.25, 0.3) is 0 Å². The number of rotatable bonds is 5. The van der Waals surface area contributed by atoms with Crippen molar-refractivity contribution in [2.45, 2.75) is 4.90 Å². The molecular weight excluding hydrogens is 235 g/mol. The summed E-state index contributed by atoms with van der Waals surface area (Å²) in [6.07, 6.45) is 0. The number of anilines is 1. The Hall–Kier alpha value is -1.18. The van der Waals surface area contributed by atoms with Crippen LogP contribution in [0.4, 0.5) is 10.1 Å². The molecule has 0 atom stereocenters. The van der Waals surface area contributed by atoms with E-state index in [1.54, 1.807) is 0 Å².